The highest BCUT2D eigenvalue weighted by Crippen LogP contribution is 2.49. The minimum atomic E-state index is -1.39. The fourth-order valence-corrected chi connectivity index (χ4v) is 6.08. The van der Waals surface area contributed by atoms with Gasteiger partial charge in [0.05, 0.1) is 34.3 Å². The number of hydrogen-bond acceptors (Lipinski definition) is 4. The third-order valence-electron chi connectivity index (χ3n) is 7.97. The molecule has 1 fully saturated rings. The molecule has 2 atom stereocenters. The Bertz CT molecular complexity index is 1680. The molecule has 0 radical (unpaired) electrons. The van der Waals surface area contributed by atoms with Crippen LogP contribution in [0.15, 0.2) is 48.5 Å². The number of nitrogens with zero attached hydrogens (tertiary/aromatic N) is 1. The number of aliphatic hydroxyl groups is 2. The van der Waals surface area contributed by atoms with Crippen molar-refractivity contribution in [2.24, 2.45) is 0 Å². The number of hydrogen-bond donors (Lipinski definition) is 4. The number of aliphatic hydroxyl groups excluding tert-OH is 1. The van der Waals surface area contributed by atoms with Crippen LogP contribution in [0.5, 0.6) is 0 Å². The van der Waals surface area contributed by atoms with Gasteiger partial charge >= 0.3 is 0 Å². The molecule has 2 aliphatic rings. The molecule has 34 heavy (non-hydrogen) atoms. The molecular weight excluding hydrogens is 430 g/mol. The Morgan fingerprint density at radius 2 is 1.82 bits per heavy atom. The molecular formula is C27H25N3O4. The van der Waals surface area contributed by atoms with Gasteiger partial charge < -0.3 is 29.8 Å². The summed E-state index contributed by atoms with van der Waals surface area (Å²) in [6.07, 6.45) is -0.290. The molecule has 0 aliphatic carbocycles. The average molecular weight is 456 g/mol. The van der Waals surface area contributed by atoms with Crippen LogP contribution < -0.4 is 5.32 Å². The summed E-state index contributed by atoms with van der Waals surface area (Å²) in [5, 5.41) is 28.2. The van der Waals surface area contributed by atoms with Crippen LogP contribution in [0.25, 0.3) is 43.6 Å². The molecule has 5 aromatic rings. The van der Waals surface area contributed by atoms with Crippen molar-refractivity contribution >= 4 is 49.5 Å². The molecule has 2 aromatic heterocycles. The summed E-state index contributed by atoms with van der Waals surface area (Å²) in [6.45, 7) is 3.70. The number of rotatable bonds is 2. The summed E-state index contributed by atoms with van der Waals surface area (Å²) >= 11 is 0. The summed E-state index contributed by atoms with van der Waals surface area (Å²) in [5.74, 6) is -0.0744. The van der Waals surface area contributed by atoms with Crippen molar-refractivity contribution in [3.63, 3.8) is 0 Å². The summed E-state index contributed by atoms with van der Waals surface area (Å²) in [4.78, 5) is 16.8. The quantitative estimate of drug-likeness (QED) is 0.322. The number of aromatic nitrogens is 2. The molecule has 3 aromatic carbocycles. The second-order valence-corrected chi connectivity index (χ2v) is 10.0. The lowest BCUT2D eigenvalue weighted by Gasteiger charge is -2.32. The topological polar surface area (TPSA) is 99.5 Å². The fourth-order valence-electron chi connectivity index (χ4n) is 6.08. The number of amides is 1. The first-order chi connectivity index (χ1) is 16.3. The molecule has 172 valence electrons. The van der Waals surface area contributed by atoms with Gasteiger partial charge in [-0.1, -0.05) is 36.4 Å². The molecule has 0 spiro atoms. The van der Waals surface area contributed by atoms with E-state index in [1.165, 1.54) is 0 Å². The molecule has 1 saturated heterocycles. The SMILES string of the molecule is CC1(C)OC(n2c3ccccc3c3c4c(c5c6ccccc6[nH]c5c32)CNC4=O)CC1(O)CO. The number of H-pyrrole nitrogens is 1. The molecule has 0 saturated carbocycles. The zero-order valence-electron chi connectivity index (χ0n) is 19.0. The summed E-state index contributed by atoms with van der Waals surface area (Å²) in [6, 6.07) is 16.1. The van der Waals surface area contributed by atoms with Gasteiger partial charge in [0.15, 0.2) is 0 Å². The first-order valence-corrected chi connectivity index (χ1v) is 11.6. The summed E-state index contributed by atoms with van der Waals surface area (Å²) < 4.78 is 8.52. The molecule has 4 N–H and O–H groups in total. The first kappa shape index (κ1) is 20.0. The van der Waals surface area contributed by atoms with Gasteiger partial charge in [0.25, 0.3) is 5.91 Å². The van der Waals surface area contributed by atoms with Crippen molar-refractivity contribution in [1.29, 1.82) is 0 Å². The van der Waals surface area contributed by atoms with E-state index in [4.69, 9.17) is 4.74 Å². The number of carbonyl (C=O) groups excluding carboxylic acids is 1. The Balaban J connectivity index is 1.69. The van der Waals surface area contributed by atoms with Crippen molar-refractivity contribution in [2.75, 3.05) is 6.61 Å². The Labute approximate surface area is 194 Å². The number of carbonyl (C=O) groups is 1. The average Bonchev–Trinajstić information content (AvgIpc) is 3.54. The zero-order valence-corrected chi connectivity index (χ0v) is 19.0. The molecule has 7 nitrogen and oxygen atoms in total. The highest BCUT2D eigenvalue weighted by atomic mass is 16.6. The van der Waals surface area contributed by atoms with E-state index in [1.54, 1.807) is 13.8 Å². The van der Waals surface area contributed by atoms with Crippen molar-refractivity contribution in [2.45, 2.75) is 44.2 Å². The second-order valence-electron chi connectivity index (χ2n) is 10.0. The van der Waals surface area contributed by atoms with E-state index in [9.17, 15) is 15.0 Å². The lowest BCUT2D eigenvalue weighted by molar-refractivity contribution is -0.135. The number of para-hydroxylation sites is 2. The van der Waals surface area contributed by atoms with Gasteiger partial charge in [0.2, 0.25) is 0 Å². The van der Waals surface area contributed by atoms with Crippen LogP contribution in [0.3, 0.4) is 0 Å². The fraction of sp³-hybridized carbons (Fsp3) is 0.296. The van der Waals surface area contributed by atoms with Gasteiger partial charge in [-0.3, -0.25) is 4.79 Å². The number of nitrogens with one attached hydrogen (secondary N) is 2. The van der Waals surface area contributed by atoms with E-state index < -0.39 is 24.0 Å². The Morgan fingerprint density at radius 3 is 2.59 bits per heavy atom. The Kier molecular flexibility index (Phi) is 3.76. The monoisotopic (exact) mass is 455 g/mol. The Hall–Kier alpha value is -3.39. The maximum absolute atomic E-state index is 13.2. The van der Waals surface area contributed by atoms with Crippen LogP contribution in [-0.2, 0) is 11.3 Å². The lowest BCUT2D eigenvalue weighted by atomic mass is 9.86. The van der Waals surface area contributed by atoms with E-state index >= 15 is 0 Å². The smallest absolute Gasteiger partial charge is 0.252 e. The highest BCUT2D eigenvalue weighted by molar-refractivity contribution is 6.30. The molecule has 0 bridgehead atoms. The van der Waals surface area contributed by atoms with Gasteiger partial charge in [-0.05, 0) is 31.5 Å². The first-order valence-electron chi connectivity index (χ1n) is 11.6. The minimum absolute atomic E-state index is 0.0744. The number of fused-ring (bicyclic) bond motifs is 10. The van der Waals surface area contributed by atoms with Crippen LogP contribution in [0.1, 0.15) is 42.4 Å². The maximum Gasteiger partial charge on any atom is 0.252 e. The standard InChI is InChI=1S/C27H25N3O4/c1-26(2)27(33,13-31)11-19(34-26)30-18-10-6-4-8-15(18)21-22-16(12-28-25(22)32)20-14-7-3-5-9-17(14)29-23(20)24(21)30/h3-10,19,29,31,33H,11-13H2,1-2H3,(H,28,32). The minimum Gasteiger partial charge on any atom is -0.393 e. The number of benzene rings is 3. The number of aromatic amines is 1. The third kappa shape index (κ3) is 2.29. The van der Waals surface area contributed by atoms with Gasteiger partial charge in [0, 0.05) is 40.0 Å². The largest absolute Gasteiger partial charge is 0.393 e. The van der Waals surface area contributed by atoms with E-state index in [1.807, 2.05) is 42.5 Å². The normalized spacial score (nSPS) is 24.0. The van der Waals surface area contributed by atoms with Gasteiger partial charge in [-0.2, -0.15) is 0 Å². The summed E-state index contributed by atoms with van der Waals surface area (Å²) in [7, 11) is 0. The number of ether oxygens (including phenoxy) is 1. The van der Waals surface area contributed by atoms with Crippen LogP contribution in [0, 0.1) is 0 Å². The molecule has 4 heterocycles. The third-order valence-corrected chi connectivity index (χ3v) is 7.97. The molecule has 7 heteroatoms. The molecule has 2 aliphatic heterocycles. The Morgan fingerprint density at radius 1 is 1.09 bits per heavy atom. The lowest BCUT2D eigenvalue weighted by Crippen LogP contribution is -2.49. The van der Waals surface area contributed by atoms with Crippen molar-refractivity contribution in [3.8, 4) is 0 Å². The van der Waals surface area contributed by atoms with E-state index in [0.717, 1.165) is 49.2 Å². The van der Waals surface area contributed by atoms with Crippen LogP contribution in [0.2, 0.25) is 0 Å². The summed E-state index contributed by atoms with van der Waals surface area (Å²) in [5.41, 5.74) is 3.14. The van der Waals surface area contributed by atoms with Gasteiger partial charge in [0.1, 0.15) is 11.8 Å². The van der Waals surface area contributed by atoms with Crippen molar-refractivity contribution < 1.29 is 19.7 Å². The maximum atomic E-state index is 13.2. The van der Waals surface area contributed by atoms with Gasteiger partial charge in [-0.15, -0.1) is 0 Å². The predicted molar refractivity (Wildman–Crippen MR) is 131 cm³/mol. The van der Waals surface area contributed by atoms with E-state index in [-0.39, 0.29) is 12.3 Å². The molecule has 2 unspecified atom stereocenters. The van der Waals surface area contributed by atoms with Crippen molar-refractivity contribution in [3.05, 3.63) is 59.7 Å². The highest BCUT2D eigenvalue weighted by Gasteiger charge is 2.54. The van der Waals surface area contributed by atoms with E-state index in [2.05, 4.69) is 20.9 Å². The van der Waals surface area contributed by atoms with Crippen molar-refractivity contribution in [1.82, 2.24) is 14.9 Å². The zero-order chi connectivity index (χ0) is 23.4. The van der Waals surface area contributed by atoms with Crippen LogP contribution in [0.4, 0.5) is 0 Å². The van der Waals surface area contributed by atoms with Crippen LogP contribution in [-0.4, -0.2) is 43.5 Å². The van der Waals surface area contributed by atoms with Crippen LogP contribution >= 0.6 is 0 Å². The van der Waals surface area contributed by atoms with Gasteiger partial charge in [-0.25, -0.2) is 0 Å². The second kappa shape index (κ2) is 6.39. The predicted octanol–water partition coefficient (Wildman–Crippen LogP) is 4.09. The van der Waals surface area contributed by atoms with E-state index in [0.29, 0.717) is 12.1 Å². The molecule has 7 rings (SSSR count). The molecule has 1 amide bonds.